The van der Waals surface area contributed by atoms with E-state index in [1.807, 2.05) is 13.8 Å². The summed E-state index contributed by atoms with van der Waals surface area (Å²) < 4.78 is 10.6. The largest absolute Gasteiger partial charge is 0.464 e. The molecule has 2 aliphatic rings. The fraction of sp³-hybridized carbons (Fsp3) is 0.900. The van der Waals surface area contributed by atoms with E-state index in [9.17, 15) is 4.79 Å². The van der Waals surface area contributed by atoms with Gasteiger partial charge in [0.1, 0.15) is 5.60 Å². The van der Waals surface area contributed by atoms with Gasteiger partial charge in [0.25, 0.3) is 0 Å². The van der Waals surface area contributed by atoms with Gasteiger partial charge in [0.05, 0.1) is 6.61 Å². The highest BCUT2D eigenvalue weighted by molar-refractivity contribution is 5.85. The van der Waals surface area contributed by atoms with Crippen LogP contribution in [0.4, 0.5) is 0 Å². The number of esters is 1. The Labute approximate surface area is 78.4 Å². The molecule has 1 saturated carbocycles. The van der Waals surface area contributed by atoms with Crippen molar-refractivity contribution in [1.29, 1.82) is 0 Å². The van der Waals surface area contributed by atoms with E-state index in [2.05, 4.69) is 0 Å². The minimum atomic E-state index is -0.568. The van der Waals surface area contributed by atoms with Crippen LogP contribution in [0.15, 0.2) is 0 Å². The average molecular weight is 184 g/mol. The molecule has 2 rings (SSSR count). The van der Waals surface area contributed by atoms with Crippen LogP contribution in [-0.4, -0.2) is 23.8 Å². The maximum atomic E-state index is 11.6. The first-order valence-electron chi connectivity index (χ1n) is 5.08. The Kier molecular flexibility index (Phi) is 1.88. The first-order chi connectivity index (χ1) is 6.21. The number of rotatable bonds is 3. The predicted molar refractivity (Wildman–Crippen MR) is 47.3 cm³/mol. The molecule has 1 atom stereocenters. The van der Waals surface area contributed by atoms with Crippen LogP contribution >= 0.6 is 0 Å². The van der Waals surface area contributed by atoms with Crippen LogP contribution < -0.4 is 0 Å². The lowest BCUT2D eigenvalue weighted by molar-refractivity contribution is -0.149. The molecule has 1 unspecified atom stereocenters. The number of ether oxygens (including phenoxy) is 2. The lowest BCUT2D eigenvalue weighted by Crippen LogP contribution is -2.39. The lowest BCUT2D eigenvalue weighted by atomic mass is 9.74. The molecule has 0 aromatic heterocycles. The number of carbonyl (C=O) groups is 1. The summed E-state index contributed by atoms with van der Waals surface area (Å²) in [7, 11) is 0. The fourth-order valence-corrected chi connectivity index (χ4v) is 2.33. The lowest BCUT2D eigenvalue weighted by Gasteiger charge is -2.25. The predicted octanol–water partition coefficient (Wildman–Crippen LogP) is 1.65. The van der Waals surface area contributed by atoms with E-state index >= 15 is 0 Å². The summed E-state index contributed by atoms with van der Waals surface area (Å²) in [5, 5.41) is 0. The summed E-state index contributed by atoms with van der Waals surface area (Å²) in [4.78, 5) is 11.6. The van der Waals surface area contributed by atoms with Crippen LogP contribution in [0.1, 0.15) is 39.5 Å². The number of hydrogen-bond acceptors (Lipinski definition) is 3. The molecule has 0 amide bonds. The third kappa shape index (κ3) is 0.966. The van der Waals surface area contributed by atoms with E-state index in [0.29, 0.717) is 6.61 Å². The summed E-state index contributed by atoms with van der Waals surface area (Å²) in [5.74, 6) is -0.155. The Balaban J connectivity index is 2.06. The molecule has 3 heteroatoms. The zero-order valence-corrected chi connectivity index (χ0v) is 8.26. The van der Waals surface area contributed by atoms with Crippen molar-refractivity contribution in [2.45, 2.75) is 50.7 Å². The van der Waals surface area contributed by atoms with E-state index in [4.69, 9.17) is 9.47 Å². The molecule has 1 aliphatic heterocycles. The summed E-state index contributed by atoms with van der Waals surface area (Å²) >= 11 is 0. The molecule has 0 radical (unpaired) electrons. The first kappa shape index (κ1) is 9.00. The molecule has 3 nitrogen and oxygen atoms in total. The summed E-state index contributed by atoms with van der Waals surface area (Å²) in [5.41, 5.74) is -0.685. The van der Waals surface area contributed by atoms with Crippen LogP contribution in [0.25, 0.3) is 0 Å². The van der Waals surface area contributed by atoms with Gasteiger partial charge in [-0.15, -0.1) is 0 Å². The SMILES string of the molecule is CCOC(=O)C1(CC)OC12CCC2. The van der Waals surface area contributed by atoms with Crippen molar-refractivity contribution >= 4 is 5.97 Å². The molecular weight excluding hydrogens is 168 g/mol. The van der Waals surface area contributed by atoms with Gasteiger partial charge in [0, 0.05) is 0 Å². The van der Waals surface area contributed by atoms with Crippen LogP contribution in [-0.2, 0) is 14.3 Å². The molecule has 13 heavy (non-hydrogen) atoms. The summed E-state index contributed by atoms with van der Waals surface area (Å²) in [6.07, 6.45) is 3.98. The van der Waals surface area contributed by atoms with E-state index in [1.165, 1.54) is 6.42 Å². The molecule has 74 valence electrons. The maximum absolute atomic E-state index is 11.6. The number of carbonyl (C=O) groups excluding carboxylic acids is 1. The minimum absolute atomic E-state index is 0.117. The Bertz CT molecular complexity index is 232. The van der Waals surface area contributed by atoms with Crippen molar-refractivity contribution in [3.63, 3.8) is 0 Å². The van der Waals surface area contributed by atoms with E-state index in [0.717, 1.165) is 19.3 Å². The minimum Gasteiger partial charge on any atom is -0.464 e. The van der Waals surface area contributed by atoms with Gasteiger partial charge in [-0.1, -0.05) is 6.92 Å². The molecule has 1 aliphatic carbocycles. The molecule has 1 saturated heterocycles. The smallest absolute Gasteiger partial charge is 0.341 e. The average Bonchev–Trinajstić information content (AvgIpc) is 2.75. The number of hydrogen-bond donors (Lipinski definition) is 0. The quantitative estimate of drug-likeness (QED) is 0.494. The van der Waals surface area contributed by atoms with Crippen molar-refractivity contribution < 1.29 is 14.3 Å². The van der Waals surface area contributed by atoms with Crippen molar-refractivity contribution in [1.82, 2.24) is 0 Å². The molecule has 1 heterocycles. The van der Waals surface area contributed by atoms with Gasteiger partial charge in [-0.3, -0.25) is 0 Å². The van der Waals surface area contributed by atoms with Gasteiger partial charge in [0.2, 0.25) is 0 Å². The monoisotopic (exact) mass is 184 g/mol. The van der Waals surface area contributed by atoms with Gasteiger partial charge in [-0.05, 0) is 32.6 Å². The molecule has 0 bridgehead atoms. The first-order valence-corrected chi connectivity index (χ1v) is 5.08. The molecule has 2 fully saturated rings. The Hall–Kier alpha value is -0.570. The van der Waals surface area contributed by atoms with Gasteiger partial charge < -0.3 is 9.47 Å². The van der Waals surface area contributed by atoms with E-state index < -0.39 is 5.60 Å². The van der Waals surface area contributed by atoms with Gasteiger partial charge in [-0.25, -0.2) is 4.79 Å². The second kappa shape index (κ2) is 2.71. The maximum Gasteiger partial charge on any atom is 0.341 e. The van der Waals surface area contributed by atoms with Crippen LogP contribution in [0.3, 0.4) is 0 Å². The zero-order valence-electron chi connectivity index (χ0n) is 8.26. The molecule has 0 aromatic rings. The van der Waals surface area contributed by atoms with Crippen LogP contribution in [0.5, 0.6) is 0 Å². The van der Waals surface area contributed by atoms with E-state index in [-0.39, 0.29) is 11.6 Å². The molecular formula is C10H16O3. The third-order valence-corrected chi connectivity index (χ3v) is 3.33. The van der Waals surface area contributed by atoms with Crippen molar-refractivity contribution in [2.75, 3.05) is 6.61 Å². The highest BCUT2D eigenvalue weighted by atomic mass is 16.7. The highest BCUT2D eigenvalue weighted by Crippen LogP contribution is 2.62. The second-order valence-electron chi connectivity index (χ2n) is 3.85. The van der Waals surface area contributed by atoms with Crippen molar-refractivity contribution in [3.8, 4) is 0 Å². The van der Waals surface area contributed by atoms with Gasteiger partial charge in [0.15, 0.2) is 5.60 Å². The van der Waals surface area contributed by atoms with E-state index in [1.54, 1.807) is 0 Å². The van der Waals surface area contributed by atoms with Gasteiger partial charge >= 0.3 is 5.97 Å². The normalized spacial score (nSPS) is 34.0. The standard InChI is InChI=1S/C10H16O3/c1-3-10(8(11)12-4-2)9(13-10)6-5-7-9/h3-7H2,1-2H3. The Morgan fingerprint density at radius 2 is 2.15 bits per heavy atom. The number of epoxide rings is 1. The highest BCUT2D eigenvalue weighted by Gasteiger charge is 2.76. The van der Waals surface area contributed by atoms with Crippen LogP contribution in [0, 0.1) is 0 Å². The zero-order chi connectivity index (χ0) is 9.53. The Morgan fingerprint density at radius 3 is 2.46 bits per heavy atom. The third-order valence-electron chi connectivity index (χ3n) is 3.33. The van der Waals surface area contributed by atoms with Gasteiger partial charge in [-0.2, -0.15) is 0 Å². The molecule has 1 spiro atoms. The Morgan fingerprint density at radius 1 is 1.46 bits per heavy atom. The van der Waals surface area contributed by atoms with Crippen molar-refractivity contribution in [3.05, 3.63) is 0 Å². The topological polar surface area (TPSA) is 38.8 Å². The van der Waals surface area contributed by atoms with Crippen LogP contribution in [0.2, 0.25) is 0 Å². The molecule has 0 aromatic carbocycles. The summed E-state index contributed by atoms with van der Waals surface area (Å²) in [6, 6.07) is 0. The summed E-state index contributed by atoms with van der Waals surface area (Å²) in [6.45, 7) is 4.26. The fourth-order valence-electron chi connectivity index (χ4n) is 2.33. The van der Waals surface area contributed by atoms with Crippen molar-refractivity contribution in [2.24, 2.45) is 0 Å². The second-order valence-corrected chi connectivity index (χ2v) is 3.85. The molecule has 0 N–H and O–H groups in total.